The van der Waals surface area contributed by atoms with Gasteiger partial charge >= 0.3 is 0 Å². The third-order valence-corrected chi connectivity index (χ3v) is 11.2. The van der Waals surface area contributed by atoms with Crippen LogP contribution in [-0.2, 0) is 21.1 Å². The Morgan fingerprint density at radius 2 is 1.82 bits per heavy atom. The van der Waals surface area contributed by atoms with E-state index in [2.05, 4.69) is 20.9 Å². The van der Waals surface area contributed by atoms with Gasteiger partial charge in [0.2, 0.25) is 17.7 Å². The third kappa shape index (κ3) is 4.92. The number of thioether (sulfide) groups is 1. The van der Waals surface area contributed by atoms with Gasteiger partial charge in [-0.3, -0.25) is 14.4 Å². The fraction of sp³-hybridized carbons (Fsp3) is 0.364. The molecule has 3 saturated heterocycles. The van der Waals surface area contributed by atoms with Gasteiger partial charge < -0.3 is 25.4 Å². The molecule has 11 nitrogen and oxygen atoms in total. The molecule has 2 unspecified atom stereocenters. The van der Waals surface area contributed by atoms with Crippen molar-refractivity contribution in [2.75, 3.05) is 18.5 Å². The van der Waals surface area contributed by atoms with Gasteiger partial charge in [-0.05, 0) is 61.7 Å². The Kier molecular flexibility index (Phi) is 7.70. The average molecular weight is 627 g/mol. The molecule has 7 rings (SSSR count). The van der Waals surface area contributed by atoms with Crippen LogP contribution >= 0.6 is 11.8 Å². The van der Waals surface area contributed by atoms with E-state index in [-0.39, 0.29) is 36.2 Å². The first-order valence-electron chi connectivity index (χ1n) is 15.2. The van der Waals surface area contributed by atoms with Gasteiger partial charge in [0.25, 0.3) is 0 Å². The number of carbonyl (C=O) groups excluding carboxylic acids is 3. The minimum Gasteiger partial charge on any atom is -0.494 e. The number of hydrogen-bond donors (Lipinski definition) is 3. The molecule has 2 bridgehead atoms. The standard InChI is InChI=1S/C33H34N6O5S/c1-2-44-22-14-12-21(13-15-22)35-30(41)27-26-16-17-33(45-26)28(27)32(43)39(25(18-40)20-8-4-3-5-9-20)29(33)31(42)34-19-38-24-11-7-6-10-23(24)36-37-38/h3-15,25-29,40H,2,16-19H2,1H3,(H,34,42)(H,35,41)/t25-,26+,27-,28+,29?,33?/m1/s1. The topological polar surface area (TPSA) is 139 Å². The second kappa shape index (κ2) is 11.8. The van der Waals surface area contributed by atoms with E-state index in [1.54, 1.807) is 45.6 Å². The van der Waals surface area contributed by atoms with Crippen LogP contribution in [0.5, 0.6) is 5.75 Å². The lowest BCUT2D eigenvalue weighted by Crippen LogP contribution is -2.54. The Balaban J connectivity index is 1.21. The van der Waals surface area contributed by atoms with Crippen molar-refractivity contribution in [2.45, 2.75) is 48.5 Å². The van der Waals surface area contributed by atoms with Crippen molar-refractivity contribution in [3.05, 3.63) is 84.4 Å². The second-order valence-corrected chi connectivity index (χ2v) is 13.2. The number of nitrogens with zero attached hydrogens (tertiary/aromatic N) is 4. The van der Waals surface area contributed by atoms with Crippen molar-refractivity contribution in [1.29, 1.82) is 0 Å². The molecule has 3 fully saturated rings. The lowest BCUT2D eigenvalue weighted by atomic mass is 9.70. The molecule has 3 N–H and O–H groups in total. The minimum atomic E-state index is -0.902. The normalized spacial score (nSPS) is 25.7. The molecular formula is C33H34N6O5S. The first-order chi connectivity index (χ1) is 21.9. The van der Waals surface area contributed by atoms with E-state index < -0.39 is 28.7 Å². The van der Waals surface area contributed by atoms with Crippen molar-refractivity contribution in [2.24, 2.45) is 11.8 Å². The molecule has 1 aromatic heterocycles. The highest BCUT2D eigenvalue weighted by Crippen LogP contribution is 2.67. The number of fused-ring (bicyclic) bond motifs is 2. The van der Waals surface area contributed by atoms with Crippen LogP contribution in [0.1, 0.15) is 31.4 Å². The van der Waals surface area contributed by atoms with E-state index in [1.807, 2.05) is 61.5 Å². The van der Waals surface area contributed by atoms with Crippen LogP contribution < -0.4 is 15.4 Å². The van der Waals surface area contributed by atoms with E-state index in [9.17, 15) is 19.5 Å². The number of nitrogens with one attached hydrogen (secondary N) is 2. The summed E-state index contributed by atoms with van der Waals surface area (Å²) in [6, 6.07) is 22.2. The monoisotopic (exact) mass is 626 g/mol. The van der Waals surface area contributed by atoms with Crippen LogP contribution in [0.2, 0.25) is 0 Å². The van der Waals surface area contributed by atoms with Crippen LogP contribution in [0.4, 0.5) is 5.69 Å². The molecule has 3 aliphatic rings. The van der Waals surface area contributed by atoms with Gasteiger partial charge in [0.05, 0.1) is 41.4 Å². The number of ether oxygens (including phenoxy) is 1. The van der Waals surface area contributed by atoms with E-state index in [0.29, 0.717) is 36.4 Å². The Morgan fingerprint density at radius 1 is 1.07 bits per heavy atom. The zero-order valence-electron chi connectivity index (χ0n) is 24.7. The van der Waals surface area contributed by atoms with Gasteiger partial charge in [-0.2, -0.15) is 0 Å². The van der Waals surface area contributed by atoms with Crippen LogP contribution in [0.3, 0.4) is 0 Å². The summed E-state index contributed by atoms with van der Waals surface area (Å²) in [4.78, 5) is 44.3. The molecule has 232 valence electrons. The van der Waals surface area contributed by atoms with Crippen LogP contribution in [0.15, 0.2) is 78.9 Å². The average Bonchev–Trinajstić information content (AvgIpc) is 3.81. The molecule has 4 heterocycles. The van der Waals surface area contributed by atoms with Crippen molar-refractivity contribution >= 4 is 46.2 Å². The number of likely N-dealkylation sites (tertiary alicyclic amines) is 1. The van der Waals surface area contributed by atoms with E-state index in [0.717, 1.165) is 11.1 Å². The van der Waals surface area contributed by atoms with Gasteiger partial charge in [0.1, 0.15) is 24.0 Å². The molecule has 0 radical (unpaired) electrons. The van der Waals surface area contributed by atoms with Crippen molar-refractivity contribution in [3.63, 3.8) is 0 Å². The highest BCUT2D eigenvalue weighted by Gasteiger charge is 2.74. The molecule has 12 heteroatoms. The SMILES string of the molecule is CCOc1ccc(NC(=O)[C@@H]2[C@@H]3CCC4(S3)C(C(=O)NCn3nnc5ccccc53)N([C@H](CO)c3ccccc3)C(=O)[C@H]24)cc1. The lowest BCUT2D eigenvalue weighted by Gasteiger charge is -2.37. The maximum absolute atomic E-state index is 14.5. The Morgan fingerprint density at radius 3 is 2.58 bits per heavy atom. The molecule has 3 aliphatic heterocycles. The Hall–Kier alpha value is -4.42. The van der Waals surface area contributed by atoms with Crippen molar-refractivity contribution in [3.8, 4) is 5.75 Å². The van der Waals surface area contributed by atoms with Crippen LogP contribution in [0, 0.1) is 11.8 Å². The van der Waals surface area contributed by atoms with Gasteiger partial charge in [-0.25, -0.2) is 4.68 Å². The summed E-state index contributed by atoms with van der Waals surface area (Å²) in [5, 5.41) is 25.0. The zero-order chi connectivity index (χ0) is 31.1. The highest BCUT2D eigenvalue weighted by atomic mass is 32.2. The van der Waals surface area contributed by atoms with Crippen LogP contribution in [-0.4, -0.2) is 72.0 Å². The number of aliphatic hydroxyl groups is 1. The maximum atomic E-state index is 14.5. The van der Waals surface area contributed by atoms with E-state index >= 15 is 0 Å². The molecule has 1 spiro atoms. The van der Waals surface area contributed by atoms with E-state index in [4.69, 9.17) is 4.74 Å². The third-order valence-electron chi connectivity index (χ3n) is 9.24. The molecule has 45 heavy (non-hydrogen) atoms. The summed E-state index contributed by atoms with van der Waals surface area (Å²) in [5.41, 5.74) is 2.81. The number of rotatable bonds is 10. The second-order valence-electron chi connectivity index (χ2n) is 11.6. The number of para-hydroxylation sites is 1. The van der Waals surface area contributed by atoms with E-state index in [1.165, 1.54) is 0 Å². The molecule has 0 aliphatic carbocycles. The fourth-order valence-corrected chi connectivity index (χ4v) is 9.57. The quantitative estimate of drug-likeness (QED) is 0.244. The Bertz CT molecular complexity index is 1730. The van der Waals surface area contributed by atoms with Crippen molar-refractivity contribution in [1.82, 2.24) is 25.2 Å². The molecule has 3 amide bonds. The number of anilines is 1. The smallest absolute Gasteiger partial charge is 0.245 e. The largest absolute Gasteiger partial charge is 0.494 e. The minimum absolute atomic E-state index is 0.0590. The summed E-state index contributed by atoms with van der Waals surface area (Å²) >= 11 is 1.58. The number of amides is 3. The fourth-order valence-electron chi connectivity index (χ4n) is 7.37. The Labute approximate surface area is 264 Å². The summed E-state index contributed by atoms with van der Waals surface area (Å²) in [6.07, 6.45) is 1.32. The first kappa shape index (κ1) is 29.3. The van der Waals surface area contributed by atoms with Gasteiger partial charge in [0.15, 0.2) is 0 Å². The lowest BCUT2D eigenvalue weighted by molar-refractivity contribution is -0.142. The van der Waals surface area contributed by atoms with Gasteiger partial charge in [-0.15, -0.1) is 16.9 Å². The molecular weight excluding hydrogens is 592 g/mol. The predicted octanol–water partition coefficient (Wildman–Crippen LogP) is 3.37. The summed E-state index contributed by atoms with van der Waals surface area (Å²) < 4.78 is 6.31. The van der Waals surface area contributed by atoms with Gasteiger partial charge in [-0.1, -0.05) is 47.7 Å². The number of hydrogen-bond acceptors (Lipinski definition) is 8. The number of aromatic nitrogens is 3. The molecule has 6 atom stereocenters. The van der Waals surface area contributed by atoms with Gasteiger partial charge in [0, 0.05) is 10.9 Å². The summed E-state index contributed by atoms with van der Waals surface area (Å²) in [5.74, 6) is -1.52. The molecule has 3 aromatic carbocycles. The van der Waals surface area contributed by atoms with Crippen LogP contribution in [0.25, 0.3) is 11.0 Å². The highest BCUT2D eigenvalue weighted by molar-refractivity contribution is 8.02. The zero-order valence-corrected chi connectivity index (χ0v) is 25.5. The number of aliphatic hydroxyl groups excluding tert-OH is 1. The summed E-state index contributed by atoms with van der Waals surface area (Å²) in [6.45, 7) is 2.14. The van der Waals surface area contributed by atoms with Crippen molar-refractivity contribution < 1.29 is 24.2 Å². The summed E-state index contributed by atoms with van der Waals surface area (Å²) in [7, 11) is 0. The molecule has 0 saturated carbocycles. The number of carbonyl (C=O) groups is 3. The number of benzene rings is 3. The molecule has 4 aromatic rings. The first-order valence-corrected chi connectivity index (χ1v) is 16.1. The maximum Gasteiger partial charge on any atom is 0.245 e. The predicted molar refractivity (Wildman–Crippen MR) is 169 cm³/mol.